The lowest BCUT2D eigenvalue weighted by Crippen LogP contribution is -2.36. The zero-order valence-electron chi connectivity index (χ0n) is 12.7. The van der Waals surface area contributed by atoms with Crippen LogP contribution in [0.2, 0.25) is 0 Å². The number of nitrogens with one attached hydrogen (secondary N) is 1. The Morgan fingerprint density at radius 3 is 2.60 bits per heavy atom. The highest BCUT2D eigenvalue weighted by Gasteiger charge is 2.31. The molecule has 4 nitrogen and oxygen atoms in total. The van der Waals surface area contributed by atoms with Gasteiger partial charge in [-0.15, -0.1) is 11.3 Å². The van der Waals surface area contributed by atoms with Crippen LogP contribution in [-0.4, -0.2) is 36.8 Å². The summed E-state index contributed by atoms with van der Waals surface area (Å²) in [5.41, 5.74) is 1.51. The quantitative estimate of drug-likeness (QED) is 0.927. The Hall–Kier alpha value is -0.650. The molecule has 1 N–H and O–H groups in total. The van der Waals surface area contributed by atoms with E-state index in [1.165, 1.54) is 28.5 Å². The highest BCUT2D eigenvalue weighted by atomic mass is 32.1. The van der Waals surface area contributed by atoms with Gasteiger partial charge in [0.25, 0.3) is 0 Å². The lowest BCUT2D eigenvalue weighted by molar-refractivity contribution is 0.122. The first-order valence-corrected chi connectivity index (χ1v) is 8.42. The fraction of sp³-hybridized carbons (Fsp3) is 0.800. The SMILES string of the molecule is CC(C)(C)NCc1sc(N2CCOCC2)nc1C1CC1. The van der Waals surface area contributed by atoms with E-state index >= 15 is 0 Å². The average Bonchev–Trinajstić information content (AvgIpc) is 3.17. The fourth-order valence-corrected chi connectivity index (χ4v) is 3.53. The zero-order valence-corrected chi connectivity index (χ0v) is 13.6. The van der Waals surface area contributed by atoms with Gasteiger partial charge in [0, 0.05) is 36.0 Å². The number of hydrogen-bond donors (Lipinski definition) is 1. The predicted octanol–water partition coefficient (Wildman–Crippen LogP) is 2.75. The molecule has 20 heavy (non-hydrogen) atoms. The van der Waals surface area contributed by atoms with Crippen LogP contribution >= 0.6 is 11.3 Å². The molecule has 112 valence electrons. The molecule has 1 aliphatic heterocycles. The summed E-state index contributed by atoms with van der Waals surface area (Å²) < 4.78 is 5.43. The Labute approximate surface area is 125 Å². The fourth-order valence-electron chi connectivity index (χ4n) is 2.39. The number of morpholine rings is 1. The maximum atomic E-state index is 5.43. The van der Waals surface area contributed by atoms with Crippen molar-refractivity contribution in [2.75, 3.05) is 31.2 Å². The second-order valence-electron chi connectivity index (χ2n) is 6.78. The Morgan fingerprint density at radius 1 is 1.30 bits per heavy atom. The van der Waals surface area contributed by atoms with E-state index in [4.69, 9.17) is 9.72 Å². The molecule has 1 saturated heterocycles. The maximum Gasteiger partial charge on any atom is 0.185 e. The monoisotopic (exact) mass is 295 g/mol. The molecule has 0 spiro atoms. The van der Waals surface area contributed by atoms with E-state index < -0.39 is 0 Å². The number of aromatic nitrogens is 1. The number of rotatable bonds is 4. The molecule has 1 aromatic rings. The molecule has 2 heterocycles. The minimum Gasteiger partial charge on any atom is -0.378 e. The predicted molar refractivity (Wildman–Crippen MR) is 83.7 cm³/mol. The molecule has 5 heteroatoms. The third kappa shape index (κ3) is 3.51. The van der Waals surface area contributed by atoms with Crippen molar-refractivity contribution in [3.63, 3.8) is 0 Å². The van der Waals surface area contributed by atoms with Gasteiger partial charge in [-0.3, -0.25) is 0 Å². The molecule has 0 radical (unpaired) electrons. The minimum absolute atomic E-state index is 0.157. The summed E-state index contributed by atoms with van der Waals surface area (Å²) in [5, 5.41) is 4.80. The van der Waals surface area contributed by atoms with E-state index in [0.717, 1.165) is 38.8 Å². The van der Waals surface area contributed by atoms with E-state index in [2.05, 4.69) is 31.0 Å². The second-order valence-corrected chi connectivity index (χ2v) is 7.84. The maximum absolute atomic E-state index is 5.43. The van der Waals surface area contributed by atoms with Crippen molar-refractivity contribution in [1.82, 2.24) is 10.3 Å². The number of anilines is 1. The third-order valence-corrected chi connectivity index (χ3v) is 4.87. The molecule has 3 rings (SSSR count). The smallest absolute Gasteiger partial charge is 0.185 e. The molecular formula is C15H25N3OS. The van der Waals surface area contributed by atoms with E-state index in [9.17, 15) is 0 Å². The van der Waals surface area contributed by atoms with Gasteiger partial charge in [0.1, 0.15) is 0 Å². The van der Waals surface area contributed by atoms with Crippen molar-refractivity contribution >= 4 is 16.5 Å². The Morgan fingerprint density at radius 2 is 2.00 bits per heavy atom. The molecule has 1 aromatic heterocycles. The van der Waals surface area contributed by atoms with E-state index in [1.807, 2.05) is 11.3 Å². The minimum atomic E-state index is 0.157. The van der Waals surface area contributed by atoms with Crippen molar-refractivity contribution in [2.24, 2.45) is 0 Å². The summed E-state index contributed by atoms with van der Waals surface area (Å²) >= 11 is 1.87. The van der Waals surface area contributed by atoms with Crippen molar-refractivity contribution in [1.29, 1.82) is 0 Å². The summed E-state index contributed by atoms with van der Waals surface area (Å²) in [7, 11) is 0. The summed E-state index contributed by atoms with van der Waals surface area (Å²) in [6.07, 6.45) is 2.63. The van der Waals surface area contributed by atoms with E-state index in [0.29, 0.717) is 0 Å². The van der Waals surface area contributed by atoms with Crippen LogP contribution in [0.4, 0.5) is 5.13 Å². The molecule has 1 saturated carbocycles. The number of thiazole rings is 1. The molecule has 0 atom stereocenters. The topological polar surface area (TPSA) is 37.4 Å². The van der Waals surface area contributed by atoms with E-state index in [1.54, 1.807) is 0 Å². The van der Waals surface area contributed by atoms with Crippen LogP contribution in [0.1, 0.15) is 50.1 Å². The first-order valence-electron chi connectivity index (χ1n) is 7.60. The van der Waals surface area contributed by atoms with Gasteiger partial charge in [-0.2, -0.15) is 0 Å². The number of nitrogens with zero attached hydrogens (tertiary/aromatic N) is 2. The van der Waals surface area contributed by atoms with Gasteiger partial charge >= 0.3 is 0 Å². The molecular weight excluding hydrogens is 270 g/mol. The van der Waals surface area contributed by atoms with Crippen LogP contribution in [0.15, 0.2) is 0 Å². The summed E-state index contributed by atoms with van der Waals surface area (Å²) in [6.45, 7) is 11.2. The standard InChI is InChI=1S/C15H25N3OS/c1-15(2,3)16-10-12-13(11-4-5-11)17-14(20-12)18-6-8-19-9-7-18/h11,16H,4-10H2,1-3H3. The Kier molecular flexibility index (Phi) is 4.02. The summed E-state index contributed by atoms with van der Waals surface area (Å²) in [6, 6.07) is 0. The van der Waals surface area contributed by atoms with Crippen LogP contribution in [-0.2, 0) is 11.3 Å². The molecule has 2 fully saturated rings. The number of hydrogen-bond acceptors (Lipinski definition) is 5. The van der Waals surface area contributed by atoms with Gasteiger partial charge in [-0.1, -0.05) is 0 Å². The van der Waals surface area contributed by atoms with Crippen molar-refractivity contribution in [2.45, 2.75) is 51.6 Å². The van der Waals surface area contributed by atoms with Crippen LogP contribution in [0.3, 0.4) is 0 Å². The van der Waals surface area contributed by atoms with E-state index in [-0.39, 0.29) is 5.54 Å². The third-order valence-electron chi connectivity index (χ3n) is 3.74. The van der Waals surface area contributed by atoms with Crippen LogP contribution < -0.4 is 10.2 Å². The van der Waals surface area contributed by atoms with Gasteiger partial charge in [-0.05, 0) is 33.6 Å². The number of ether oxygens (including phenoxy) is 1. The van der Waals surface area contributed by atoms with Crippen LogP contribution in [0.5, 0.6) is 0 Å². The van der Waals surface area contributed by atoms with Gasteiger partial charge in [0.05, 0.1) is 18.9 Å². The highest BCUT2D eigenvalue weighted by Crippen LogP contribution is 2.44. The first kappa shape index (κ1) is 14.3. The molecule has 0 unspecified atom stereocenters. The summed E-state index contributed by atoms with van der Waals surface area (Å²) in [4.78, 5) is 8.76. The zero-order chi connectivity index (χ0) is 14.2. The lowest BCUT2D eigenvalue weighted by atomic mass is 10.1. The van der Waals surface area contributed by atoms with Crippen molar-refractivity contribution in [3.8, 4) is 0 Å². The molecule has 0 aromatic carbocycles. The Bertz CT molecular complexity index is 456. The van der Waals surface area contributed by atoms with Crippen molar-refractivity contribution < 1.29 is 4.74 Å². The molecule has 0 bridgehead atoms. The first-order chi connectivity index (χ1) is 9.53. The van der Waals surface area contributed by atoms with Gasteiger partial charge in [-0.25, -0.2) is 4.98 Å². The molecule has 1 aliphatic carbocycles. The van der Waals surface area contributed by atoms with Crippen LogP contribution in [0.25, 0.3) is 0 Å². The van der Waals surface area contributed by atoms with Gasteiger partial charge in [0.2, 0.25) is 0 Å². The lowest BCUT2D eigenvalue weighted by Gasteiger charge is -2.26. The molecule has 0 amide bonds. The summed E-state index contributed by atoms with van der Waals surface area (Å²) in [5.74, 6) is 0.720. The normalized spacial score (nSPS) is 20.4. The average molecular weight is 295 g/mol. The highest BCUT2D eigenvalue weighted by molar-refractivity contribution is 7.15. The second kappa shape index (κ2) is 5.62. The Balaban J connectivity index is 1.75. The van der Waals surface area contributed by atoms with Crippen LogP contribution in [0, 0.1) is 0 Å². The van der Waals surface area contributed by atoms with Gasteiger partial charge < -0.3 is 15.0 Å². The largest absolute Gasteiger partial charge is 0.378 e. The molecule has 2 aliphatic rings. The van der Waals surface area contributed by atoms with Gasteiger partial charge in [0.15, 0.2) is 5.13 Å². The van der Waals surface area contributed by atoms with Crippen molar-refractivity contribution in [3.05, 3.63) is 10.6 Å².